The lowest BCUT2D eigenvalue weighted by molar-refractivity contribution is 0.0390. The molecule has 1 aliphatic carbocycles. The van der Waals surface area contributed by atoms with Crippen LogP contribution in [0.3, 0.4) is 0 Å². The number of fused-ring (bicyclic) bond motifs is 1. The molecule has 3 aromatic carbocycles. The number of anilines is 1. The zero-order chi connectivity index (χ0) is 22.6. The van der Waals surface area contributed by atoms with Crippen molar-refractivity contribution in [2.45, 2.75) is 44.6 Å². The molecule has 0 bridgehead atoms. The van der Waals surface area contributed by atoms with Crippen molar-refractivity contribution in [1.29, 1.82) is 0 Å². The third kappa shape index (κ3) is 4.70. The Morgan fingerprint density at radius 1 is 0.697 bits per heavy atom. The number of carbonyl (C=O) groups is 2. The summed E-state index contributed by atoms with van der Waals surface area (Å²) in [5.41, 5.74) is 4.20. The van der Waals surface area contributed by atoms with Crippen molar-refractivity contribution in [1.82, 2.24) is 4.90 Å². The van der Waals surface area contributed by atoms with E-state index in [0.29, 0.717) is 28.8 Å². The van der Waals surface area contributed by atoms with E-state index >= 15 is 0 Å². The summed E-state index contributed by atoms with van der Waals surface area (Å²) in [4.78, 5) is 28.0. The highest BCUT2D eigenvalue weighted by molar-refractivity contribution is 6.04. The van der Waals surface area contributed by atoms with E-state index in [9.17, 15) is 9.59 Å². The van der Waals surface area contributed by atoms with Gasteiger partial charge >= 0.3 is 0 Å². The van der Waals surface area contributed by atoms with E-state index in [-0.39, 0.29) is 11.8 Å². The molecule has 1 N–H and O–H groups in total. The van der Waals surface area contributed by atoms with Crippen molar-refractivity contribution >= 4 is 17.5 Å². The fraction of sp³-hybridized carbons (Fsp3) is 0.310. The van der Waals surface area contributed by atoms with Gasteiger partial charge in [-0.3, -0.25) is 9.59 Å². The van der Waals surface area contributed by atoms with Gasteiger partial charge in [0.15, 0.2) is 0 Å². The van der Waals surface area contributed by atoms with E-state index in [1.54, 1.807) is 0 Å². The standard InChI is InChI=1S/C29H30N2O2/c32-28(24-14-12-22(13-15-24)21-7-2-1-3-8-21)30-26-18-16-25(17-19-26)29(33)31-20-6-10-23-9-4-5-11-27(23)31/h1-3,7-8,12-19,23,27H,4-6,9-11,20H2,(H,30,32)/t23-,27-/m0/s1. The number of piperidine rings is 1. The van der Waals surface area contributed by atoms with E-state index in [1.165, 1.54) is 25.7 Å². The van der Waals surface area contributed by atoms with Crippen LogP contribution in [0.1, 0.15) is 59.2 Å². The lowest BCUT2D eigenvalue weighted by Gasteiger charge is -2.44. The van der Waals surface area contributed by atoms with Gasteiger partial charge in [-0.1, -0.05) is 55.3 Å². The van der Waals surface area contributed by atoms with Gasteiger partial charge in [-0.2, -0.15) is 0 Å². The van der Waals surface area contributed by atoms with Gasteiger partial charge in [-0.25, -0.2) is 0 Å². The molecule has 33 heavy (non-hydrogen) atoms. The number of carbonyl (C=O) groups excluding carboxylic acids is 2. The van der Waals surface area contributed by atoms with Crippen LogP contribution in [-0.2, 0) is 0 Å². The van der Waals surface area contributed by atoms with Gasteiger partial charge in [0.1, 0.15) is 0 Å². The maximum Gasteiger partial charge on any atom is 0.255 e. The highest BCUT2D eigenvalue weighted by Crippen LogP contribution is 2.36. The van der Waals surface area contributed by atoms with Crippen molar-refractivity contribution in [2.24, 2.45) is 5.92 Å². The predicted octanol–water partition coefficient (Wildman–Crippen LogP) is 6.40. The van der Waals surface area contributed by atoms with Crippen molar-refractivity contribution < 1.29 is 9.59 Å². The number of hydrogen-bond acceptors (Lipinski definition) is 2. The Morgan fingerprint density at radius 3 is 2.09 bits per heavy atom. The zero-order valence-electron chi connectivity index (χ0n) is 18.9. The summed E-state index contributed by atoms with van der Waals surface area (Å²) in [6.07, 6.45) is 7.27. The van der Waals surface area contributed by atoms with Crippen molar-refractivity contribution in [2.75, 3.05) is 11.9 Å². The van der Waals surface area contributed by atoms with Crippen molar-refractivity contribution in [3.8, 4) is 11.1 Å². The molecule has 0 radical (unpaired) electrons. The van der Waals surface area contributed by atoms with Gasteiger partial charge in [-0.05, 0) is 79.1 Å². The third-order valence-corrected chi connectivity index (χ3v) is 7.15. The minimum atomic E-state index is -0.158. The Kier molecular flexibility index (Phi) is 6.25. The normalized spacial score (nSPS) is 20.1. The molecule has 0 unspecified atom stereocenters. The summed E-state index contributed by atoms with van der Waals surface area (Å²) >= 11 is 0. The largest absolute Gasteiger partial charge is 0.335 e. The van der Waals surface area contributed by atoms with Crippen molar-refractivity contribution in [3.05, 3.63) is 90.0 Å². The average Bonchev–Trinajstić information content (AvgIpc) is 2.89. The summed E-state index contributed by atoms with van der Waals surface area (Å²) < 4.78 is 0. The van der Waals surface area contributed by atoms with Gasteiger partial charge in [-0.15, -0.1) is 0 Å². The number of benzene rings is 3. The molecule has 168 valence electrons. The topological polar surface area (TPSA) is 49.4 Å². The second-order valence-corrected chi connectivity index (χ2v) is 9.23. The first-order valence-electron chi connectivity index (χ1n) is 12.1. The van der Waals surface area contributed by atoms with E-state index in [4.69, 9.17) is 0 Å². The molecule has 2 amide bonds. The summed E-state index contributed by atoms with van der Waals surface area (Å²) in [6.45, 7) is 0.859. The second kappa shape index (κ2) is 9.62. The molecular weight excluding hydrogens is 408 g/mol. The lowest BCUT2D eigenvalue weighted by Crippen LogP contribution is -2.49. The molecule has 5 rings (SSSR count). The summed E-state index contributed by atoms with van der Waals surface area (Å²) in [5, 5.41) is 2.94. The third-order valence-electron chi connectivity index (χ3n) is 7.15. The number of likely N-dealkylation sites (tertiary alicyclic amines) is 1. The van der Waals surface area contributed by atoms with Crippen LogP contribution >= 0.6 is 0 Å². The van der Waals surface area contributed by atoms with Crippen LogP contribution < -0.4 is 5.32 Å². The van der Waals surface area contributed by atoms with E-state index < -0.39 is 0 Å². The summed E-state index contributed by atoms with van der Waals surface area (Å²) in [6, 6.07) is 25.4. The smallest absolute Gasteiger partial charge is 0.255 e. The average molecular weight is 439 g/mol. The number of hydrogen-bond donors (Lipinski definition) is 1. The monoisotopic (exact) mass is 438 g/mol. The molecule has 0 spiro atoms. The molecule has 1 heterocycles. The van der Waals surface area contributed by atoms with E-state index in [0.717, 1.165) is 30.5 Å². The summed E-state index contributed by atoms with van der Waals surface area (Å²) in [5.74, 6) is 0.638. The molecule has 1 saturated carbocycles. The van der Waals surface area contributed by atoms with E-state index in [1.807, 2.05) is 66.7 Å². The van der Waals surface area contributed by atoms with Crippen LogP contribution in [0.25, 0.3) is 11.1 Å². The predicted molar refractivity (Wildman–Crippen MR) is 132 cm³/mol. The maximum atomic E-state index is 13.2. The van der Waals surface area contributed by atoms with Crippen LogP contribution in [0.4, 0.5) is 5.69 Å². The van der Waals surface area contributed by atoms with Gasteiger partial charge in [0, 0.05) is 29.4 Å². The molecule has 0 aromatic heterocycles. The van der Waals surface area contributed by atoms with Gasteiger partial charge in [0.25, 0.3) is 11.8 Å². The number of rotatable bonds is 4. The Hall–Kier alpha value is -3.40. The SMILES string of the molecule is O=C(Nc1ccc(C(=O)N2CCC[C@@H]3CCCC[C@@H]32)cc1)c1ccc(-c2ccccc2)cc1. The van der Waals surface area contributed by atoms with Crippen LogP contribution in [0, 0.1) is 5.92 Å². The molecule has 1 aliphatic heterocycles. The first-order chi connectivity index (χ1) is 16.2. The molecule has 4 nitrogen and oxygen atoms in total. The van der Waals surface area contributed by atoms with Crippen molar-refractivity contribution in [3.63, 3.8) is 0 Å². The number of nitrogens with zero attached hydrogens (tertiary/aromatic N) is 1. The van der Waals surface area contributed by atoms with Crippen LogP contribution in [0.5, 0.6) is 0 Å². The van der Waals surface area contributed by atoms with Crippen LogP contribution in [0.2, 0.25) is 0 Å². The minimum Gasteiger partial charge on any atom is -0.335 e. The van der Waals surface area contributed by atoms with Gasteiger partial charge in [0.2, 0.25) is 0 Å². The van der Waals surface area contributed by atoms with E-state index in [2.05, 4.69) is 22.3 Å². The Balaban J connectivity index is 1.23. The number of amides is 2. The second-order valence-electron chi connectivity index (χ2n) is 9.23. The Bertz CT molecular complexity index is 1100. The molecule has 3 aromatic rings. The van der Waals surface area contributed by atoms with Gasteiger partial charge < -0.3 is 10.2 Å². The Morgan fingerprint density at radius 2 is 1.33 bits per heavy atom. The first kappa shape index (κ1) is 21.4. The molecule has 1 saturated heterocycles. The molecule has 4 heteroatoms. The molecule has 2 fully saturated rings. The van der Waals surface area contributed by atoms with Crippen LogP contribution in [-0.4, -0.2) is 29.3 Å². The highest BCUT2D eigenvalue weighted by Gasteiger charge is 2.35. The fourth-order valence-corrected chi connectivity index (χ4v) is 5.39. The lowest BCUT2D eigenvalue weighted by atomic mass is 9.78. The minimum absolute atomic E-state index is 0.126. The first-order valence-corrected chi connectivity index (χ1v) is 12.1. The Labute approximate surface area is 195 Å². The highest BCUT2D eigenvalue weighted by atomic mass is 16.2. The molecular formula is C29H30N2O2. The molecule has 2 atom stereocenters. The fourth-order valence-electron chi connectivity index (χ4n) is 5.39. The van der Waals surface area contributed by atoms with Gasteiger partial charge in [0.05, 0.1) is 0 Å². The maximum absolute atomic E-state index is 13.2. The van der Waals surface area contributed by atoms with Crippen LogP contribution in [0.15, 0.2) is 78.9 Å². The number of nitrogens with one attached hydrogen (secondary N) is 1. The zero-order valence-corrected chi connectivity index (χ0v) is 18.9. The molecule has 2 aliphatic rings. The quantitative estimate of drug-likeness (QED) is 0.512. The summed E-state index contributed by atoms with van der Waals surface area (Å²) in [7, 11) is 0.